The second-order valence-corrected chi connectivity index (χ2v) is 15.1. The molecule has 0 radical (unpaired) electrons. The van der Waals surface area contributed by atoms with Crippen LogP contribution < -0.4 is 4.90 Å². The molecular formula is C42H33N3O2S. The zero-order chi connectivity index (χ0) is 32.2. The average Bonchev–Trinajstić information content (AvgIpc) is 3.41. The number of benzene rings is 4. The lowest BCUT2D eigenvalue weighted by Crippen LogP contribution is -2.28. The van der Waals surface area contributed by atoms with Gasteiger partial charge in [0.2, 0.25) is 0 Å². The van der Waals surface area contributed by atoms with Crippen LogP contribution in [-0.4, -0.2) is 32.2 Å². The number of nitrogens with zero attached hydrogens (tertiary/aromatic N) is 3. The Bertz CT molecular complexity index is 2340. The lowest BCUT2D eigenvalue weighted by atomic mass is 9.89. The van der Waals surface area contributed by atoms with E-state index in [2.05, 4.69) is 112 Å². The number of hydrogen-bond acceptors (Lipinski definition) is 5. The van der Waals surface area contributed by atoms with E-state index in [1.807, 2.05) is 42.9 Å². The van der Waals surface area contributed by atoms with Crippen LogP contribution in [0.25, 0.3) is 39.0 Å². The minimum absolute atomic E-state index is 0.0198. The van der Waals surface area contributed by atoms with Crippen LogP contribution in [0.4, 0.5) is 11.4 Å². The van der Waals surface area contributed by atoms with Crippen molar-refractivity contribution in [3.63, 3.8) is 0 Å². The van der Waals surface area contributed by atoms with Crippen molar-refractivity contribution in [3.05, 3.63) is 156 Å². The molecule has 0 fully saturated rings. The predicted molar refractivity (Wildman–Crippen MR) is 196 cm³/mol. The molecule has 5 nitrogen and oxygen atoms in total. The van der Waals surface area contributed by atoms with Gasteiger partial charge in [-0.2, -0.15) is 0 Å². The molecule has 1 aromatic heterocycles. The number of allylic oxidation sites excluding steroid dienone is 3. The zero-order valence-electron chi connectivity index (χ0n) is 26.3. The Balaban J connectivity index is 1.21. The third kappa shape index (κ3) is 5.04. The topological polar surface area (TPSA) is 62.6 Å². The van der Waals surface area contributed by atoms with E-state index in [0.717, 1.165) is 63.2 Å². The predicted octanol–water partition coefficient (Wildman–Crippen LogP) is 9.10. The highest BCUT2D eigenvalue weighted by Gasteiger charge is 2.37. The monoisotopic (exact) mass is 643 g/mol. The summed E-state index contributed by atoms with van der Waals surface area (Å²) in [5.74, 6) is 0.318. The summed E-state index contributed by atoms with van der Waals surface area (Å²) in [4.78, 5) is 11.1. The molecule has 0 N–H and O–H groups in total. The highest BCUT2D eigenvalue weighted by Crippen LogP contribution is 2.49. The van der Waals surface area contributed by atoms with Gasteiger partial charge in [-0.15, -0.1) is 0 Å². The number of fused-ring (bicyclic) bond motifs is 6. The van der Waals surface area contributed by atoms with Crippen LogP contribution in [0.2, 0.25) is 0 Å². The lowest BCUT2D eigenvalue weighted by Gasteiger charge is -2.29. The Kier molecular flexibility index (Phi) is 6.87. The Labute approximate surface area is 281 Å². The minimum atomic E-state index is -3.35. The Morgan fingerprint density at radius 3 is 2.23 bits per heavy atom. The molecule has 4 heterocycles. The first-order valence-electron chi connectivity index (χ1n) is 16.5. The molecule has 0 bridgehead atoms. The van der Waals surface area contributed by atoms with E-state index >= 15 is 0 Å². The van der Waals surface area contributed by atoms with Crippen LogP contribution in [0.1, 0.15) is 34.6 Å². The van der Waals surface area contributed by atoms with Gasteiger partial charge in [-0.3, -0.25) is 9.98 Å². The quantitative estimate of drug-likeness (QED) is 0.196. The Hall–Kier alpha value is -5.33. The van der Waals surface area contributed by atoms with Crippen LogP contribution in [-0.2, 0) is 21.3 Å². The molecule has 0 amide bonds. The first kappa shape index (κ1) is 28.9. The molecule has 1 aliphatic carbocycles. The standard InChI is InChI=1S/C42H33N3O2S/c46-48(47)26-31-10-9-30(35-22-33(28-13-17-43-18-14-28)21-34(23-35)29-15-19-44-20-16-29)24-39(31)40-25-36(12-11-32(40)27-48)45-41-7-3-1-5-37(41)38-6-2-4-8-42(38)45/h1-15,17-19,21-25,37,41H,16,20,26-27H2. The number of hydrogen-bond donors (Lipinski definition) is 0. The van der Waals surface area contributed by atoms with Crippen molar-refractivity contribution in [3.8, 4) is 33.4 Å². The van der Waals surface area contributed by atoms with Crippen molar-refractivity contribution >= 4 is 33.0 Å². The molecule has 2 unspecified atom stereocenters. The summed E-state index contributed by atoms with van der Waals surface area (Å²) in [5.41, 5.74) is 14.0. The number of aromatic nitrogens is 1. The van der Waals surface area contributed by atoms with Crippen molar-refractivity contribution in [1.29, 1.82) is 0 Å². The van der Waals surface area contributed by atoms with Gasteiger partial charge < -0.3 is 4.90 Å². The van der Waals surface area contributed by atoms with E-state index in [1.165, 1.54) is 22.4 Å². The van der Waals surface area contributed by atoms with E-state index in [4.69, 9.17) is 0 Å². The molecule has 3 aliphatic heterocycles. The molecule has 4 aliphatic rings. The molecule has 5 aromatic rings. The Morgan fingerprint density at radius 1 is 0.688 bits per heavy atom. The fourth-order valence-electron chi connectivity index (χ4n) is 7.76. The van der Waals surface area contributed by atoms with Gasteiger partial charge in [0.25, 0.3) is 0 Å². The van der Waals surface area contributed by atoms with Gasteiger partial charge in [0.15, 0.2) is 9.84 Å². The number of para-hydroxylation sites is 1. The summed E-state index contributed by atoms with van der Waals surface area (Å²) < 4.78 is 26.8. The molecule has 48 heavy (non-hydrogen) atoms. The molecule has 0 saturated carbocycles. The normalized spacial score (nSPS) is 19.9. The summed E-state index contributed by atoms with van der Waals surface area (Å²) >= 11 is 0. The van der Waals surface area contributed by atoms with Crippen LogP contribution in [0.3, 0.4) is 0 Å². The molecule has 9 rings (SSSR count). The first-order chi connectivity index (χ1) is 23.5. The van der Waals surface area contributed by atoms with E-state index in [-0.39, 0.29) is 23.5 Å². The lowest BCUT2D eigenvalue weighted by molar-refractivity contribution is 0.595. The number of sulfone groups is 1. The second kappa shape index (κ2) is 11.4. The second-order valence-electron chi connectivity index (χ2n) is 13.0. The van der Waals surface area contributed by atoms with Crippen LogP contribution in [0, 0.1) is 0 Å². The SMILES string of the molecule is O=S1(=O)Cc2ccc(-c3cc(C4=CC=NCC4)cc(-c4ccncc4)c3)cc2-c2cc(N3c4ccccc4C4C=CC=CC43)ccc2C1. The van der Waals surface area contributed by atoms with Crippen LogP contribution >= 0.6 is 0 Å². The molecule has 0 saturated heterocycles. The van der Waals surface area contributed by atoms with Gasteiger partial charge in [0.05, 0.1) is 17.5 Å². The number of dihydropyridines is 1. The molecule has 4 aromatic carbocycles. The van der Waals surface area contributed by atoms with E-state index in [1.54, 1.807) is 0 Å². The van der Waals surface area contributed by atoms with Crippen LogP contribution in [0.5, 0.6) is 0 Å². The summed E-state index contributed by atoms with van der Waals surface area (Å²) in [7, 11) is -3.35. The molecule has 234 valence electrons. The first-order valence-corrected chi connectivity index (χ1v) is 18.3. The maximum Gasteiger partial charge on any atom is 0.158 e. The van der Waals surface area contributed by atoms with Crippen molar-refractivity contribution in [1.82, 2.24) is 4.98 Å². The molecule has 0 spiro atoms. The minimum Gasteiger partial charge on any atom is -0.333 e. The fraction of sp³-hybridized carbons (Fsp3) is 0.143. The third-order valence-corrected chi connectivity index (χ3v) is 11.5. The van der Waals surface area contributed by atoms with Crippen molar-refractivity contribution < 1.29 is 8.42 Å². The molecular weight excluding hydrogens is 611 g/mol. The summed E-state index contributed by atoms with van der Waals surface area (Å²) in [6.07, 6.45) is 17.4. The highest BCUT2D eigenvalue weighted by molar-refractivity contribution is 7.89. The number of rotatable bonds is 4. The summed E-state index contributed by atoms with van der Waals surface area (Å²) in [6, 6.07) is 32.2. The van der Waals surface area contributed by atoms with Gasteiger partial charge in [0.1, 0.15) is 0 Å². The zero-order valence-corrected chi connectivity index (χ0v) is 27.1. The maximum absolute atomic E-state index is 13.4. The highest BCUT2D eigenvalue weighted by atomic mass is 32.2. The third-order valence-electron chi connectivity index (χ3n) is 10.0. The van der Waals surface area contributed by atoms with Gasteiger partial charge in [-0.05, 0) is 128 Å². The average molecular weight is 644 g/mol. The fourth-order valence-corrected chi connectivity index (χ4v) is 9.31. The molecule has 6 heteroatoms. The Morgan fingerprint density at radius 2 is 1.42 bits per heavy atom. The van der Waals surface area contributed by atoms with Gasteiger partial charge in [-0.25, -0.2) is 8.42 Å². The number of aliphatic imine (C=N–C) groups is 1. The van der Waals surface area contributed by atoms with E-state index < -0.39 is 9.84 Å². The van der Waals surface area contributed by atoms with Gasteiger partial charge >= 0.3 is 0 Å². The van der Waals surface area contributed by atoms with Crippen molar-refractivity contribution in [2.24, 2.45) is 4.99 Å². The number of pyridine rings is 1. The summed E-state index contributed by atoms with van der Waals surface area (Å²) in [6.45, 7) is 0.780. The maximum atomic E-state index is 13.4. The van der Waals surface area contributed by atoms with E-state index in [0.29, 0.717) is 0 Å². The van der Waals surface area contributed by atoms with Crippen molar-refractivity contribution in [2.75, 3.05) is 11.4 Å². The largest absolute Gasteiger partial charge is 0.333 e. The molecule has 2 atom stereocenters. The number of anilines is 2. The smallest absolute Gasteiger partial charge is 0.158 e. The van der Waals surface area contributed by atoms with Crippen LogP contribution in [0.15, 0.2) is 139 Å². The van der Waals surface area contributed by atoms with Crippen molar-refractivity contribution in [2.45, 2.75) is 29.9 Å². The van der Waals surface area contributed by atoms with E-state index in [9.17, 15) is 8.42 Å². The van der Waals surface area contributed by atoms with Gasteiger partial charge in [-0.1, -0.05) is 60.7 Å². The summed E-state index contributed by atoms with van der Waals surface area (Å²) in [5, 5.41) is 0. The van der Waals surface area contributed by atoms with Gasteiger partial charge in [0, 0.05) is 42.4 Å².